The molecular weight excluding hydrogens is 367 g/mol. The molecule has 142 valence electrons. The van der Waals surface area contributed by atoms with Gasteiger partial charge < -0.3 is 10.2 Å². The summed E-state index contributed by atoms with van der Waals surface area (Å²) < 4.78 is 0. The highest BCUT2D eigenvalue weighted by atomic mass is 35.5. The number of fused-ring (bicyclic) bond motifs is 1. The van der Waals surface area contributed by atoms with Crippen LogP contribution in [0.1, 0.15) is 47.8 Å². The van der Waals surface area contributed by atoms with Crippen LogP contribution in [0.2, 0.25) is 0 Å². The number of nitrogens with zero attached hydrogens (tertiary/aromatic N) is 3. The van der Waals surface area contributed by atoms with Gasteiger partial charge in [-0.15, -0.1) is 24.8 Å². The fourth-order valence-electron chi connectivity index (χ4n) is 3.92. The van der Waals surface area contributed by atoms with Gasteiger partial charge in [0.2, 0.25) is 0 Å². The summed E-state index contributed by atoms with van der Waals surface area (Å²) in [6.07, 6.45) is 4.71. The number of benzene rings is 1. The van der Waals surface area contributed by atoms with Gasteiger partial charge >= 0.3 is 0 Å². The molecule has 1 aromatic heterocycles. The molecule has 0 bridgehead atoms. The van der Waals surface area contributed by atoms with Gasteiger partial charge in [-0.05, 0) is 44.7 Å². The van der Waals surface area contributed by atoms with E-state index in [4.69, 9.17) is 9.97 Å². The minimum absolute atomic E-state index is 0. The van der Waals surface area contributed by atoms with E-state index in [1.54, 1.807) is 0 Å². The number of piperidine rings is 1. The lowest BCUT2D eigenvalue weighted by Gasteiger charge is -2.32. The summed E-state index contributed by atoms with van der Waals surface area (Å²) in [5, 5.41) is 3.49. The van der Waals surface area contributed by atoms with Crippen molar-refractivity contribution in [2.24, 2.45) is 0 Å². The van der Waals surface area contributed by atoms with E-state index >= 15 is 0 Å². The molecule has 1 N–H and O–H groups in total. The molecule has 2 aromatic rings. The van der Waals surface area contributed by atoms with Crippen molar-refractivity contribution in [1.82, 2.24) is 15.3 Å². The lowest BCUT2D eigenvalue weighted by Crippen LogP contribution is -2.33. The van der Waals surface area contributed by atoms with Gasteiger partial charge in [0.1, 0.15) is 11.6 Å². The Hall–Kier alpha value is -1.36. The standard InChI is InChI=1S/C20H26N4.2ClH/c1-15-18-10-6-12-24(14-16-7-3-2-4-8-16)20(18)23-19(22-15)17-9-5-11-21-13-17;;/h2-4,7-8,17,21H,5-6,9-14H2,1H3;2*1H. The Morgan fingerprint density at radius 2 is 1.92 bits per heavy atom. The Labute approximate surface area is 168 Å². The number of hydrogen-bond donors (Lipinski definition) is 1. The first kappa shape index (κ1) is 20.9. The van der Waals surface area contributed by atoms with Crippen LogP contribution < -0.4 is 10.2 Å². The fraction of sp³-hybridized carbons (Fsp3) is 0.500. The number of rotatable bonds is 3. The first-order valence-corrected chi connectivity index (χ1v) is 9.18. The van der Waals surface area contributed by atoms with Crippen LogP contribution in [0.15, 0.2) is 30.3 Å². The number of halogens is 2. The summed E-state index contributed by atoms with van der Waals surface area (Å²) in [4.78, 5) is 12.4. The normalized spacial score (nSPS) is 19.1. The van der Waals surface area contributed by atoms with Gasteiger partial charge in [0, 0.05) is 36.8 Å². The van der Waals surface area contributed by atoms with Crippen molar-refractivity contribution in [3.63, 3.8) is 0 Å². The van der Waals surface area contributed by atoms with E-state index in [2.05, 4.69) is 47.5 Å². The van der Waals surface area contributed by atoms with Gasteiger partial charge in [0.05, 0.1) is 0 Å². The molecule has 2 aliphatic heterocycles. The van der Waals surface area contributed by atoms with Crippen molar-refractivity contribution in [2.45, 2.75) is 45.1 Å². The van der Waals surface area contributed by atoms with Crippen molar-refractivity contribution >= 4 is 30.6 Å². The summed E-state index contributed by atoms with van der Waals surface area (Å²) in [7, 11) is 0. The molecule has 26 heavy (non-hydrogen) atoms. The molecule has 1 fully saturated rings. The second-order valence-electron chi connectivity index (χ2n) is 7.02. The van der Waals surface area contributed by atoms with Gasteiger partial charge in [-0.25, -0.2) is 9.97 Å². The highest BCUT2D eigenvalue weighted by Crippen LogP contribution is 2.31. The third-order valence-corrected chi connectivity index (χ3v) is 5.24. The Bertz CT molecular complexity index is 702. The summed E-state index contributed by atoms with van der Waals surface area (Å²) >= 11 is 0. The molecule has 0 amide bonds. The van der Waals surface area contributed by atoms with E-state index in [1.165, 1.54) is 41.9 Å². The van der Waals surface area contributed by atoms with Crippen molar-refractivity contribution in [2.75, 3.05) is 24.5 Å². The predicted molar refractivity (Wildman–Crippen MR) is 112 cm³/mol. The monoisotopic (exact) mass is 394 g/mol. The number of anilines is 1. The van der Waals surface area contributed by atoms with Crippen LogP contribution in [-0.4, -0.2) is 29.6 Å². The molecule has 1 unspecified atom stereocenters. The van der Waals surface area contributed by atoms with Crippen LogP contribution in [-0.2, 0) is 13.0 Å². The highest BCUT2D eigenvalue weighted by Gasteiger charge is 2.25. The van der Waals surface area contributed by atoms with Crippen LogP contribution in [0.25, 0.3) is 0 Å². The molecule has 0 spiro atoms. The molecule has 2 aliphatic rings. The average Bonchev–Trinajstić information content (AvgIpc) is 2.64. The molecule has 0 radical (unpaired) electrons. The van der Waals surface area contributed by atoms with Crippen LogP contribution in [0, 0.1) is 6.92 Å². The Morgan fingerprint density at radius 1 is 1.12 bits per heavy atom. The van der Waals surface area contributed by atoms with Crippen LogP contribution in [0.4, 0.5) is 5.82 Å². The van der Waals surface area contributed by atoms with E-state index in [9.17, 15) is 0 Å². The first-order chi connectivity index (χ1) is 11.8. The minimum atomic E-state index is 0. The molecule has 1 aromatic carbocycles. The third-order valence-electron chi connectivity index (χ3n) is 5.24. The van der Waals surface area contributed by atoms with E-state index in [0.29, 0.717) is 5.92 Å². The molecule has 0 saturated carbocycles. The molecule has 4 nitrogen and oxygen atoms in total. The van der Waals surface area contributed by atoms with Crippen molar-refractivity contribution in [3.05, 3.63) is 53.0 Å². The maximum atomic E-state index is 5.05. The zero-order chi connectivity index (χ0) is 16.4. The quantitative estimate of drug-likeness (QED) is 0.852. The molecule has 1 atom stereocenters. The summed E-state index contributed by atoms with van der Waals surface area (Å²) in [5.74, 6) is 2.68. The van der Waals surface area contributed by atoms with Crippen LogP contribution >= 0.6 is 24.8 Å². The second kappa shape index (κ2) is 9.54. The lowest BCUT2D eigenvalue weighted by atomic mass is 9.97. The number of hydrogen-bond acceptors (Lipinski definition) is 4. The number of aryl methyl sites for hydroxylation is 1. The van der Waals surface area contributed by atoms with Gasteiger partial charge in [-0.3, -0.25) is 0 Å². The average molecular weight is 395 g/mol. The van der Waals surface area contributed by atoms with Crippen molar-refractivity contribution < 1.29 is 0 Å². The Balaban J connectivity index is 0.00000121. The summed E-state index contributed by atoms with van der Waals surface area (Å²) in [6, 6.07) is 10.7. The predicted octanol–water partition coefficient (Wildman–Crippen LogP) is 4.05. The SMILES string of the molecule is Cc1nc(C2CCCNC2)nc2c1CCCN2Cc1ccccc1.Cl.Cl. The molecule has 4 rings (SSSR count). The van der Waals surface area contributed by atoms with Gasteiger partial charge in [0.25, 0.3) is 0 Å². The van der Waals surface area contributed by atoms with Gasteiger partial charge in [-0.2, -0.15) is 0 Å². The zero-order valence-corrected chi connectivity index (χ0v) is 16.9. The smallest absolute Gasteiger partial charge is 0.136 e. The molecule has 0 aliphatic carbocycles. The maximum Gasteiger partial charge on any atom is 0.136 e. The number of aromatic nitrogens is 2. The summed E-state index contributed by atoms with van der Waals surface area (Å²) in [5.41, 5.74) is 3.88. The topological polar surface area (TPSA) is 41.1 Å². The Morgan fingerprint density at radius 3 is 2.65 bits per heavy atom. The van der Waals surface area contributed by atoms with E-state index in [0.717, 1.165) is 38.4 Å². The Kier molecular flexibility index (Phi) is 7.69. The van der Waals surface area contributed by atoms with E-state index < -0.39 is 0 Å². The van der Waals surface area contributed by atoms with Crippen LogP contribution in [0.5, 0.6) is 0 Å². The van der Waals surface area contributed by atoms with Crippen molar-refractivity contribution in [1.29, 1.82) is 0 Å². The van der Waals surface area contributed by atoms with E-state index in [1.807, 2.05) is 0 Å². The summed E-state index contributed by atoms with van der Waals surface area (Å²) in [6.45, 7) is 6.32. The van der Waals surface area contributed by atoms with Crippen molar-refractivity contribution in [3.8, 4) is 0 Å². The lowest BCUT2D eigenvalue weighted by molar-refractivity contribution is 0.444. The van der Waals surface area contributed by atoms with Crippen LogP contribution in [0.3, 0.4) is 0 Å². The maximum absolute atomic E-state index is 5.05. The van der Waals surface area contributed by atoms with Gasteiger partial charge in [0.15, 0.2) is 0 Å². The molecule has 3 heterocycles. The molecular formula is C20H28Cl2N4. The third kappa shape index (κ3) is 4.48. The molecule has 6 heteroatoms. The zero-order valence-electron chi connectivity index (χ0n) is 15.3. The second-order valence-corrected chi connectivity index (χ2v) is 7.02. The van der Waals surface area contributed by atoms with Gasteiger partial charge in [-0.1, -0.05) is 30.3 Å². The first-order valence-electron chi connectivity index (χ1n) is 9.18. The highest BCUT2D eigenvalue weighted by molar-refractivity contribution is 5.85. The minimum Gasteiger partial charge on any atom is -0.352 e. The van der Waals surface area contributed by atoms with E-state index in [-0.39, 0.29) is 24.8 Å². The fourth-order valence-corrected chi connectivity index (χ4v) is 3.92. The largest absolute Gasteiger partial charge is 0.352 e. The number of nitrogens with one attached hydrogen (secondary N) is 1. The molecule has 1 saturated heterocycles.